The SMILES string of the molecule is CC(C)(C)OC(=O)C1CC1CC(=O)O. The van der Waals surface area contributed by atoms with E-state index in [0.717, 1.165) is 0 Å². The number of carbonyl (C=O) groups excluding carboxylic acids is 1. The van der Waals surface area contributed by atoms with Gasteiger partial charge >= 0.3 is 11.9 Å². The minimum absolute atomic E-state index is 0.0117. The molecule has 1 N–H and O–H groups in total. The Hall–Kier alpha value is -1.06. The summed E-state index contributed by atoms with van der Waals surface area (Å²) >= 11 is 0. The third-order valence-corrected chi connectivity index (χ3v) is 2.07. The summed E-state index contributed by atoms with van der Waals surface area (Å²) in [7, 11) is 0. The van der Waals surface area contributed by atoms with Crippen LogP contribution in [0.2, 0.25) is 0 Å². The molecule has 1 aliphatic carbocycles. The average molecular weight is 200 g/mol. The predicted octanol–water partition coefficient (Wildman–Crippen LogP) is 1.44. The van der Waals surface area contributed by atoms with Crippen molar-refractivity contribution in [2.75, 3.05) is 0 Å². The molecule has 0 amide bonds. The minimum Gasteiger partial charge on any atom is -0.481 e. The molecule has 1 saturated carbocycles. The Kier molecular flexibility index (Phi) is 2.83. The smallest absolute Gasteiger partial charge is 0.309 e. The molecule has 4 nitrogen and oxygen atoms in total. The minimum atomic E-state index is -0.846. The van der Waals surface area contributed by atoms with Crippen LogP contribution in [0, 0.1) is 11.8 Å². The molecule has 0 saturated heterocycles. The van der Waals surface area contributed by atoms with Crippen molar-refractivity contribution < 1.29 is 19.4 Å². The van der Waals surface area contributed by atoms with Gasteiger partial charge in [-0.25, -0.2) is 0 Å². The Morgan fingerprint density at radius 1 is 1.43 bits per heavy atom. The van der Waals surface area contributed by atoms with Crippen LogP contribution >= 0.6 is 0 Å². The molecule has 0 aliphatic heterocycles. The summed E-state index contributed by atoms with van der Waals surface area (Å²) in [6.45, 7) is 5.42. The number of rotatable bonds is 3. The van der Waals surface area contributed by atoms with E-state index in [0.29, 0.717) is 6.42 Å². The van der Waals surface area contributed by atoms with E-state index < -0.39 is 11.6 Å². The lowest BCUT2D eigenvalue weighted by Crippen LogP contribution is -2.25. The lowest BCUT2D eigenvalue weighted by atomic mass is 10.2. The van der Waals surface area contributed by atoms with Gasteiger partial charge in [0.25, 0.3) is 0 Å². The summed E-state index contributed by atoms with van der Waals surface area (Å²) in [6, 6.07) is 0. The first-order valence-corrected chi connectivity index (χ1v) is 4.74. The fourth-order valence-corrected chi connectivity index (χ4v) is 1.36. The topological polar surface area (TPSA) is 63.6 Å². The molecule has 0 radical (unpaired) electrons. The lowest BCUT2D eigenvalue weighted by molar-refractivity contribution is -0.156. The molecule has 0 aromatic carbocycles. The van der Waals surface area contributed by atoms with Crippen LogP contribution < -0.4 is 0 Å². The largest absolute Gasteiger partial charge is 0.481 e. The molecular formula is C10H16O4. The fourth-order valence-electron chi connectivity index (χ4n) is 1.36. The molecular weight excluding hydrogens is 184 g/mol. The van der Waals surface area contributed by atoms with Crippen molar-refractivity contribution in [3.63, 3.8) is 0 Å². The fraction of sp³-hybridized carbons (Fsp3) is 0.800. The van der Waals surface area contributed by atoms with Gasteiger partial charge in [-0.15, -0.1) is 0 Å². The Bertz CT molecular complexity index is 251. The number of aliphatic carboxylic acids is 1. The summed E-state index contributed by atoms with van der Waals surface area (Å²) in [5.41, 5.74) is -0.479. The van der Waals surface area contributed by atoms with Crippen molar-refractivity contribution in [2.45, 2.75) is 39.2 Å². The van der Waals surface area contributed by atoms with Crippen LogP contribution in [0.5, 0.6) is 0 Å². The highest BCUT2D eigenvalue weighted by molar-refractivity contribution is 5.78. The van der Waals surface area contributed by atoms with Crippen LogP contribution in [0.15, 0.2) is 0 Å². The average Bonchev–Trinajstić information content (AvgIpc) is 2.61. The molecule has 4 heteroatoms. The van der Waals surface area contributed by atoms with Gasteiger partial charge in [0.15, 0.2) is 0 Å². The first-order valence-electron chi connectivity index (χ1n) is 4.74. The van der Waals surface area contributed by atoms with Crippen molar-refractivity contribution in [2.24, 2.45) is 11.8 Å². The summed E-state index contributed by atoms with van der Waals surface area (Å²) < 4.78 is 5.14. The van der Waals surface area contributed by atoms with Crippen LogP contribution in [0.25, 0.3) is 0 Å². The van der Waals surface area contributed by atoms with Crippen molar-refractivity contribution in [1.29, 1.82) is 0 Å². The highest BCUT2D eigenvalue weighted by Gasteiger charge is 2.46. The number of esters is 1. The van der Waals surface area contributed by atoms with Crippen molar-refractivity contribution in [3.8, 4) is 0 Å². The zero-order valence-corrected chi connectivity index (χ0v) is 8.74. The molecule has 2 unspecified atom stereocenters. The second-order valence-corrected chi connectivity index (χ2v) is 4.73. The van der Waals surface area contributed by atoms with Gasteiger partial charge in [0.05, 0.1) is 5.92 Å². The summed E-state index contributed by atoms with van der Waals surface area (Å²) in [4.78, 5) is 21.7. The van der Waals surface area contributed by atoms with Gasteiger partial charge in [-0.05, 0) is 33.1 Å². The van der Waals surface area contributed by atoms with Gasteiger partial charge < -0.3 is 9.84 Å². The lowest BCUT2D eigenvalue weighted by Gasteiger charge is -2.19. The normalized spacial score (nSPS) is 25.6. The van der Waals surface area contributed by atoms with Crippen LogP contribution in [0.4, 0.5) is 0 Å². The van der Waals surface area contributed by atoms with Crippen LogP contribution in [-0.4, -0.2) is 22.6 Å². The van der Waals surface area contributed by atoms with E-state index in [2.05, 4.69) is 0 Å². The van der Waals surface area contributed by atoms with Crippen molar-refractivity contribution in [1.82, 2.24) is 0 Å². The zero-order chi connectivity index (χ0) is 10.9. The van der Waals surface area contributed by atoms with Crippen LogP contribution in [0.3, 0.4) is 0 Å². The van der Waals surface area contributed by atoms with E-state index >= 15 is 0 Å². The molecule has 80 valence electrons. The molecule has 1 rings (SSSR count). The maximum atomic E-state index is 11.4. The number of carboxylic acids is 1. The summed E-state index contributed by atoms with van der Waals surface area (Å²) in [5.74, 6) is -1.31. The molecule has 1 fully saturated rings. The number of hydrogen-bond acceptors (Lipinski definition) is 3. The van der Waals surface area contributed by atoms with Gasteiger partial charge in [0, 0.05) is 6.42 Å². The molecule has 0 aromatic heterocycles. The molecule has 1 aliphatic rings. The van der Waals surface area contributed by atoms with Gasteiger partial charge in [-0.1, -0.05) is 0 Å². The second-order valence-electron chi connectivity index (χ2n) is 4.73. The molecule has 14 heavy (non-hydrogen) atoms. The second kappa shape index (κ2) is 3.59. The van der Waals surface area contributed by atoms with E-state index in [1.807, 2.05) is 0 Å². The third-order valence-electron chi connectivity index (χ3n) is 2.07. The Morgan fingerprint density at radius 2 is 2.00 bits per heavy atom. The Balaban J connectivity index is 2.33. The highest BCUT2D eigenvalue weighted by atomic mass is 16.6. The number of hydrogen-bond donors (Lipinski definition) is 1. The standard InChI is InChI=1S/C10H16O4/c1-10(2,3)14-9(13)7-4-6(7)5-8(11)12/h6-7H,4-5H2,1-3H3,(H,11,12). The van der Waals surface area contributed by atoms with Crippen molar-refractivity contribution >= 4 is 11.9 Å². The van der Waals surface area contributed by atoms with E-state index in [4.69, 9.17) is 9.84 Å². The summed E-state index contributed by atoms with van der Waals surface area (Å²) in [5, 5.41) is 8.50. The van der Waals surface area contributed by atoms with E-state index in [1.54, 1.807) is 20.8 Å². The van der Waals surface area contributed by atoms with Crippen molar-refractivity contribution in [3.05, 3.63) is 0 Å². The maximum Gasteiger partial charge on any atom is 0.309 e. The number of carbonyl (C=O) groups is 2. The van der Waals surface area contributed by atoms with Crippen LogP contribution in [0.1, 0.15) is 33.6 Å². The maximum absolute atomic E-state index is 11.4. The highest BCUT2D eigenvalue weighted by Crippen LogP contribution is 2.42. The quantitative estimate of drug-likeness (QED) is 0.700. The zero-order valence-electron chi connectivity index (χ0n) is 8.74. The van der Waals surface area contributed by atoms with E-state index in [-0.39, 0.29) is 24.2 Å². The first kappa shape index (κ1) is 11.0. The van der Waals surface area contributed by atoms with E-state index in [1.165, 1.54) is 0 Å². The van der Waals surface area contributed by atoms with Gasteiger partial charge in [0.2, 0.25) is 0 Å². The molecule has 0 spiro atoms. The predicted molar refractivity (Wildman–Crippen MR) is 49.7 cm³/mol. The number of carboxylic acid groups (broad SMARTS) is 1. The molecule has 2 atom stereocenters. The number of ether oxygens (including phenoxy) is 1. The van der Waals surface area contributed by atoms with Crippen LogP contribution in [-0.2, 0) is 14.3 Å². The van der Waals surface area contributed by atoms with Gasteiger partial charge in [0.1, 0.15) is 5.60 Å². The molecule has 0 aromatic rings. The Morgan fingerprint density at radius 3 is 2.43 bits per heavy atom. The third kappa shape index (κ3) is 3.36. The van der Waals surface area contributed by atoms with Gasteiger partial charge in [-0.3, -0.25) is 9.59 Å². The van der Waals surface area contributed by atoms with Gasteiger partial charge in [-0.2, -0.15) is 0 Å². The molecule has 0 bridgehead atoms. The summed E-state index contributed by atoms with van der Waals surface area (Å²) in [6.07, 6.45) is 0.727. The molecule has 0 heterocycles. The monoisotopic (exact) mass is 200 g/mol. The Labute approximate surface area is 83.2 Å². The first-order chi connectivity index (χ1) is 6.29. The van der Waals surface area contributed by atoms with E-state index in [9.17, 15) is 9.59 Å².